The van der Waals surface area contributed by atoms with Crippen molar-refractivity contribution in [2.45, 2.75) is 23.5 Å². The van der Waals surface area contributed by atoms with E-state index in [1.54, 1.807) is 42.5 Å². The van der Waals surface area contributed by atoms with E-state index in [0.717, 1.165) is 4.90 Å². The molecule has 0 heterocycles. The van der Waals surface area contributed by atoms with Crippen molar-refractivity contribution in [2.75, 3.05) is 10.6 Å². The summed E-state index contributed by atoms with van der Waals surface area (Å²) in [4.78, 5) is 37.6. The molecule has 0 saturated heterocycles. The molecule has 0 fully saturated rings. The van der Waals surface area contributed by atoms with Crippen LogP contribution in [0.3, 0.4) is 0 Å². The molecule has 0 spiro atoms. The van der Waals surface area contributed by atoms with Gasteiger partial charge in [-0.15, -0.1) is 11.8 Å². The molecule has 8 heteroatoms. The van der Waals surface area contributed by atoms with Gasteiger partial charge in [-0.1, -0.05) is 25.1 Å². The van der Waals surface area contributed by atoms with E-state index in [1.165, 1.54) is 36.0 Å². The van der Waals surface area contributed by atoms with E-state index < -0.39 is 17.0 Å². The molecule has 1 unspecified atom stereocenters. The summed E-state index contributed by atoms with van der Waals surface area (Å²) < 4.78 is 13.1. The molecule has 4 N–H and O–H groups in total. The van der Waals surface area contributed by atoms with E-state index in [2.05, 4.69) is 10.6 Å². The first-order valence-electron chi connectivity index (χ1n) is 9.90. The van der Waals surface area contributed by atoms with Gasteiger partial charge >= 0.3 is 0 Å². The number of nitrogens with one attached hydrogen (secondary N) is 2. The molecule has 6 nitrogen and oxygen atoms in total. The minimum Gasteiger partial charge on any atom is -0.366 e. The number of rotatable bonds is 8. The Labute approximate surface area is 189 Å². The van der Waals surface area contributed by atoms with Gasteiger partial charge in [-0.3, -0.25) is 14.4 Å². The zero-order valence-corrected chi connectivity index (χ0v) is 18.1. The third kappa shape index (κ3) is 5.95. The van der Waals surface area contributed by atoms with E-state index in [0.29, 0.717) is 23.4 Å². The monoisotopic (exact) mass is 451 g/mol. The number of carbonyl (C=O) groups is 3. The number of para-hydroxylation sites is 1. The van der Waals surface area contributed by atoms with E-state index >= 15 is 0 Å². The molecule has 0 radical (unpaired) electrons. The molecular formula is C24H22FN3O3S. The van der Waals surface area contributed by atoms with Crippen LogP contribution in [0.15, 0.2) is 77.7 Å². The highest BCUT2D eigenvalue weighted by Gasteiger charge is 2.20. The second kappa shape index (κ2) is 10.6. The normalized spacial score (nSPS) is 11.4. The van der Waals surface area contributed by atoms with Crippen molar-refractivity contribution in [3.05, 3.63) is 89.7 Å². The van der Waals surface area contributed by atoms with Crippen LogP contribution in [0.4, 0.5) is 15.8 Å². The van der Waals surface area contributed by atoms with Gasteiger partial charge < -0.3 is 16.4 Å². The van der Waals surface area contributed by atoms with Gasteiger partial charge in [-0.25, -0.2) is 4.39 Å². The standard InChI is InChI=1S/C24H22FN3O3S/c1-2-21(24(31)28-20-9-4-3-8-19(20)22(26)29)32-18-7-5-6-17(14-18)27-23(30)15-10-12-16(25)13-11-15/h3-14,21H,2H2,1H3,(H2,26,29)(H,27,30)(H,28,31). The number of thioether (sulfide) groups is 1. The molecule has 3 aromatic rings. The summed E-state index contributed by atoms with van der Waals surface area (Å²) in [6.07, 6.45) is 0.543. The lowest BCUT2D eigenvalue weighted by atomic mass is 10.1. The average molecular weight is 452 g/mol. The molecule has 32 heavy (non-hydrogen) atoms. The number of primary amides is 1. The summed E-state index contributed by atoms with van der Waals surface area (Å²) >= 11 is 1.34. The number of halogens is 1. The number of amides is 3. The largest absolute Gasteiger partial charge is 0.366 e. The molecule has 0 saturated carbocycles. The zero-order valence-electron chi connectivity index (χ0n) is 17.3. The van der Waals surface area contributed by atoms with Gasteiger partial charge in [0.1, 0.15) is 5.82 Å². The van der Waals surface area contributed by atoms with E-state index in [4.69, 9.17) is 5.73 Å². The Balaban J connectivity index is 1.69. The molecule has 0 aliphatic carbocycles. The van der Waals surface area contributed by atoms with Crippen molar-refractivity contribution >= 4 is 40.9 Å². The molecule has 3 amide bonds. The Morgan fingerprint density at radius 1 is 0.969 bits per heavy atom. The summed E-state index contributed by atoms with van der Waals surface area (Å²) in [5.74, 6) is -1.65. The Bertz CT molecular complexity index is 1140. The van der Waals surface area contributed by atoms with Crippen LogP contribution in [0.1, 0.15) is 34.1 Å². The van der Waals surface area contributed by atoms with Gasteiger partial charge in [-0.05, 0) is 61.0 Å². The number of benzene rings is 3. The molecule has 164 valence electrons. The predicted octanol–water partition coefficient (Wildman–Crippen LogP) is 4.69. The summed E-state index contributed by atoms with van der Waals surface area (Å²) in [7, 11) is 0. The number of hydrogen-bond donors (Lipinski definition) is 3. The van der Waals surface area contributed by atoms with Gasteiger partial charge in [0.15, 0.2) is 0 Å². The van der Waals surface area contributed by atoms with Gasteiger partial charge in [-0.2, -0.15) is 0 Å². The lowest BCUT2D eigenvalue weighted by Gasteiger charge is -2.16. The Kier molecular flexibility index (Phi) is 7.62. The van der Waals surface area contributed by atoms with Gasteiger partial charge in [0.25, 0.3) is 11.8 Å². The van der Waals surface area contributed by atoms with Crippen molar-refractivity contribution in [3.8, 4) is 0 Å². The second-order valence-electron chi connectivity index (χ2n) is 6.90. The lowest BCUT2D eigenvalue weighted by Crippen LogP contribution is -2.26. The van der Waals surface area contributed by atoms with Crippen LogP contribution in [0.5, 0.6) is 0 Å². The average Bonchev–Trinajstić information content (AvgIpc) is 2.78. The fraction of sp³-hybridized carbons (Fsp3) is 0.125. The van der Waals surface area contributed by atoms with Crippen LogP contribution in [0.25, 0.3) is 0 Å². The summed E-state index contributed by atoms with van der Waals surface area (Å²) in [6, 6.07) is 18.9. The van der Waals surface area contributed by atoms with E-state index in [9.17, 15) is 18.8 Å². The Morgan fingerprint density at radius 2 is 1.69 bits per heavy atom. The number of nitrogens with two attached hydrogens (primary N) is 1. The third-order valence-electron chi connectivity index (χ3n) is 4.59. The molecular weight excluding hydrogens is 429 g/mol. The zero-order chi connectivity index (χ0) is 23.1. The number of hydrogen-bond acceptors (Lipinski definition) is 4. The maximum absolute atomic E-state index is 13.1. The van der Waals surface area contributed by atoms with Crippen LogP contribution in [-0.4, -0.2) is 23.0 Å². The Morgan fingerprint density at radius 3 is 2.38 bits per heavy atom. The summed E-state index contributed by atoms with van der Waals surface area (Å²) in [6.45, 7) is 1.89. The van der Waals surface area contributed by atoms with Crippen LogP contribution in [0.2, 0.25) is 0 Å². The third-order valence-corrected chi connectivity index (χ3v) is 5.95. The topological polar surface area (TPSA) is 101 Å². The van der Waals surface area contributed by atoms with Crippen LogP contribution in [-0.2, 0) is 4.79 Å². The number of anilines is 2. The molecule has 0 aliphatic rings. The minimum absolute atomic E-state index is 0.242. The van der Waals surface area contributed by atoms with Gasteiger partial charge in [0, 0.05) is 16.1 Å². The Hall–Kier alpha value is -3.65. The van der Waals surface area contributed by atoms with Crippen molar-refractivity contribution in [1.82, 2.24) is 0 Å². The van der Waals surface area contributed by atoms with Crippen LogP contribution in [0, 0.1) is 5.82 Å². The first kappa shape index (κ1) is 23.0. The first-order chi connectivity index (χ1) is 15.4. The SMILES string of the molecule is CCC(Sc1cccc(NC(=O)c2ccc(F)cc2)c1)C(=O)Nc1ccccc1C(N)=O. The maximum atomic E-state index is 13.1. The highest BCUT2D eigenvalue weighted by atomic mass is 32.2. The fourth-order valence-electron chi connectivity index (χ4n) is 2.96. The van der Waals surface area contributed by atoms with Crippen LogP contribution >= 0.6 is 11.8 Å². The minimum atomic E-state index is -0.619. The van der Waals surface area contributed by atoms with Gasteiger partial charge in [0.2, 0.25) is 5.91 Å². The molecule has 0 aliphatic heterocycles. The predicted molar refractivity (Wildman–Crippen MR) is 124 cm³/mol. The van der Waals surface area contributed by atoms with E-state index in [-0.39, 0.29) is 17.4 Å². The molecule has 3 rings (SSSR count). The molecule has 1 atom stereocenters. The van der Waals surface area contributed by atoms with Crippen molar-refractivity contribution < 1.29 is 18.8 Å². The summed E-state index contributed by atoms with van der Waals surface area (Å²) in [5.41, 5.74) is 6.88. The second-order valence-corrected chi connectivity index (χ2v) is 8.18. The molecule has 0 aromatic heterocycles. The fourth-order valence-corrected chi connectivity index (χ4v) is 3.97. The molecule has 0 bridgehead atoms. The maximum Gasteiger partial charge on any atom is 0.255 e. The number of carbonyl (C=O) groups excluding carboxylic acids is 3. The smallest absolute Gasteiger partial charge is 0.255 e. The summed E-state index contributed by atoms with van der Waals surface area (Å²) in [5, 5.41) is 5.12. The van der Waals surface area contributed by atoms with Crippen molar-refractivity contribution in [3.63, 3.8) is 0 Å². The van der Waals surface area contributed by atoms with Crippen molar-refractivity contribution in [2.24, 2.45) is 5.73 Å². The highest BCUT2D eigenvalue weighted by molar-refractivity contribution is 8.00. The quantitative estimate of drug-likeness (QED) is 0.433. The lowest BCUT2D eigenvalue weighted by molar-refractivity contribution is -0.115. The van der Waals surface area contributed by atoms with Crippen molar-refractivity contribution in [1.29, 1.82) is 0 Å². The first-order valence-corrected chi connectivity index (χ1v) is 10.8. The molecule has 3 aromatic carbocycles. The highest BCUT2D eigenvalue weighted by Crippen LogP contribution is 2.29. The van der Waals surface area contributed by atoms with E-state index in [1.807, 2.05) is 13.0 Å². The van der Waals surface area contributed by atoms with Gasteiger partial charge in [0.05, 0.1) is 16.5 Å². The van der Waals surface area contributed by atoms with Crippen LogP contribution < -0.4 is 16.4 Å².